The van der Waals surface area contributed by atoms with E-state index in [1.165, 1.54) is 12.2 Å². The van der Waals surface area contributed by atoms with Crippen molar-refractivity contribution in [2.24, 2.45) is 0 Å². The molecule has 154 valence electrons. The van der Waals surface area contributed by atoms with Gasteiger partial charge in [0.05, 0.1) is 0 Å². The lowest BCUT2D eigenvalue weighted by Crippen LogP contribution is -1.81. The monoisotopic (exact) mass is 414 g/mol. The Morgan fingerprint density at radius 3 is 1.28 bits per heavy atom. The Morgan fingerprint density at radius 2 is 0.844 bits per heavy atom. The third-order valence-corrected chi connectivity index (χ3v) is 3.98. The average molecular weight is 415 g/mol. The molecule has 32 heavy (non-hydrogen) atoms. The van der Waals surface area contributed by atoms with E-state index in [9.17, 15) is 9.59 Å². The van der Waals surface area contributed by atoms with Gasteiger partial charge in [0.15, 0.2) is 0 Å². The van der Waals surface area contributed by atoms with Crippen molar-refractivity contribution < 1.29 is 9.59 Å². The van der Waals surface area contributed by atoms with Gasteiger partial charge in [-0.3, -0.25) is 9.59 Å². The largest absolute Gasteiger partial charge is 0.299 e. The van der Waals surface area contributed by atoms with Gasteiger partial charge in [0.2, 0.25) is 0 Å². The van der Waals surface area contributed by atoms with E-state index in [2.05, 4.69) is 23.7 Å². The van der Waals surface area contributed by atoms with Gasteiger partial charge in [-0.2, -0.15) is 0 Å². The normalized spacial score (nSPS) is 11.4. The minimum absolute atomic E-state index is 0.737. The molecule has 0 aliphatic heterocycles. The molecule has 2 rings (SSSR count). The number of rotatable bonds is 8. The Hall–Kier alpha value is -4.66. The van der Waals surface area contributed by atoms with Crippen LogP contribution < -0.4 is 0 Å². The molecule has 0 heterocycles. The summed E-state index contributed by atoms with van der Waals surface area (Å²) in [6.45, 7) is 0. The molecule has 0 N–H and O–H groups in total. The van der Waals surface area contributed by atoms with Gasteiger partial charge < -0.3 is 0 Å². The maximum Gasteiger partial charge on any atom is 0.142 e. The van der Waals surface area contributed by atoms with Crippen LogP contribution in [0.15, 0.2) is 109 Å². The predicted octanol–water partition coefficient (Wildman–Crippen LogP) is 5.74. The molecule has 0 fully saturated rings. The highest BCUT2D eigenvalue weighted by molar-refractivity contribution is 5.66. The minimum Gasteiger partial charge on any atom is -0.299 e. The number of benzene rings is 2. The third-order valence-electron chi connectivity index (χ3n) is 3.98. The SMILES string of the molecule is O=C/C=C/C=C/C=C/c1ccccc1C#CC#Cc1ccccc1/C=C/C=C/C=C/C=O. The van der Waals surface area contributed by atoms with Crippen LogP contribution in [-0.4, -0.2) is 12.6 Å². The molecule has 0 aromatic heterocycles. The van der Waals surface area contributed by atoms with Crippen molar-refractivity contribution >= 4 is 24.7 Å². The summed E-state index contributed by atoms with van der Waals surface area (Å²) in [5.41, 5.74) is 3.75. The fourth-order valence-electron chi connectivity index (χ4n) is 2.50. The second kappa shape index (κ2) is 15.2. The Kier molecular flexibility index (Phi) is 11.2. The van der Waals surface area contributed by atoms with Crippen molar-refractivity contribution in [1.82, 2.24) is 0 Å². The molecule has 0 bridgehead atoms. The number of hydrogen-bond donors (Lipinski definition) is 0. The fourth-order valence-corrected chi connectivity index (χ4v) is 2.50. The van der Waals surface area contributed by atoms with Crippen LogP contribution in [0.1, 0.15) is 22.3 Å². The predicted molar refractivity (Wildman–Crippen MR) is 133 cm³/mol. The van der Waals surface area contributed by atoms with Crippen LogP contribution in [0.25, 0.3) is 12.2 Å². The van der Waals surface area contributed by atoms with Gasteiger partial charge in [0.1, 0.15) is 12.6 Å². The first-order valence-electron chi connectivity index (χ1n) is 9.95. The molecule has 0 aliphatic rings. The van der Waals surface area contributed by atoms with Gasteiger partial charge in [-0.15, -0.1) is 0 Å². The lowest BCUT2D eigenvalue weighted by molar-refractivity contribution is -0.104. The van der Waals surface area contributed by atoms with Gasteiger partial charge in [0, 0.05) is 11.1 Å². The molecular formula is C30H22O2. The van der Waals surface area contributed by atoms with Crippen molar-refractivity contribution in [3.63, 3.8) is 0 Å². The molecule has 0 radical (unpaired) electrons. The lowest BCUT2D eigenvalue weighted by Gasteiger charge is -1.97. The van der Waals surface area contributed by atoms with Crippen LogP contribution >= 0.6 is 0 Å². The summed E-state index contributed by atoms with van der Waals surface area (Å²) in [4.78, 5) is 20.5. The zero-order valence-corrected chi connectivity index (χ0v) is 17.5. The van der Waals surface area contributed by atoms with E-state index in [0.717, 1.165) is 34.8 Å². The highest BCUT2D eigenvalue weighted by atomic mass is 16.1. The zero-order valence-electron chi connectivity index (χ0n) is 17.5. The van der Waals surface area contributed by atoms with Gasteiger partial charge in [-0.1, -0.05) is 109 Å². The molecule has 0 spiro atoms. The highest BCUT2D eigenvalue weighted by Gasteiger charge is 1.94. The van der Waals surface area contributed by atoms with Crippen molar-refractivity contribution in [3.05, 3.63) is 132 Å². The van der Waals surface area contributed by atoms with E-state index in [4.69, 9.17) is 0 Å². The number of aldehydes is 2. The fraction of sp³-hybridized carbons (Fsp3) is 0. The van der Waals surface area contributed by atoms with E-state index < -0.39 is 0 Å². The Bertz CT molecular complexity index is 1110. The minimum atomic E-state index is 0.737. The van der Waals surface area contributed by atoms with Gasteiger partial charge in [-0.25, -0.2) is 0 Å². The van der Waals surface area contributed by atoms with Crippen molar-refractivity contribution in [2.75, 3.05) is 0 Å². The second-order valence-corrected chi connectivity index (χ2v) is 6.20. The molecule has 0 saturated carbocycles. The maximum atomic E-state index is 10.2. The summed E-state index contributed by atoms with van der Waals surface area (Å²) in [6.07, 6.45) is 22.7. The molecule has 0 unspecified atom stereocenters. The van der Waals surface area contributed by atoms with E-state index in [0.29, 0.717) is 0 Å². The van der Waals surface area contributed by atoms with Crippen LogP contribution in [0.2, 0.25) is 0 Å². The summed E-state index contributed by atoms with van der Waals surface area (Å²) in [6, 6.07) is 15.7. The van der Waals surface area contributed by atoms with Crippen LogP contribution in [0, 0.1) is 23.7 Å². The van der Waals surface area contributed by atoms with E-state index in [-0.39, 0.29) is 0 Å². The summed E-state index contributed by atoms with van der Waals surface area (Å²) in [5, 5.41) is 0. The van der Waals surface area contributed by atoms with Crippen molar-refractivity contribution in [1.29, 1.82) is 0 Å². The molecule has 0 aliphatic carbocycles. The van der Waals surface area contributed by atoms with Gasteiger partial charge in [-0.05, 0) is 47.3 Å². The Morgan fingerprint density at radius 1 is 0.469 bits per heavy atom. The summed E-state index contributed by atoms with van der Waals surface area (Å²) in [5.74, 6) is 12.1. The highest BCUT2D eigenvalue weighted by Crippen LogP contribution is 2.10. The van der Waals surface area contributed by atoms with Crippen LogP contribution in [0.3, 0.4) is 0 Å². The molecule has 0 amide bonds. The Balaban J connectivity index is 2.14. The first-order valence-corrected chi connectivity index (χ1v) is 9.95. The van der Waals surface area contributed by atoms with Crippen molar-refractivity contribution in [3.8, 4) is 23.7 Å². The molecule has 0 atom stereocenters. The van der Waals surface area contributed by atoms with Crippen LogP contribution in [0.4, 0.5) is 0 Å². The van der Waals surface area contributed by atoms with Crippen LogP contribution in [0.5, 0.6) is 0 Å². The van der Waals surface area contributed by atoms with E-state index >= 15 is 0 Å². The standard InChI is InChI=1S/C30H22O2/c31-25-15-5-1-3-7-17-27-19-9-11-21-29(27)23-13-14-24-30-22-12-10-20-28(30)18-8-4-2-6-16-26-32/h1-12,15-22,25-26H/b3-1+,4-2+,15-5+,16-6+,17-7+,18-8+. The summed E-state index contributed by atoms with van der Waals surface area (Å²) in [7, 11) is 0. The van der Waals surface area contributed by atoms with E-state index in [1.54, 1.807) is 24.3 Å². The molecular weight excluding hydrogens is 392 g/mol. The van der Waals surface area contributed by atoms with Crippen LogP contribution in [-0.2, 0) is 9.59 Å². The quantitative estimate of drug-likeness (QED) is 0.239. The third kappa shape index (κ3) is 9.23. The van der Waals surface area contributed by atoms with E-state index in [1.807, 2.05) is 85.0 Å². The van der Waals surface area contributed by atoms with Crippen molar-refractivity contribution in [2.45, 2.75) is 0 Å². The number of carbonyl (C=O) groups is 2. The van der Waals surface area contributed by atoms with Gasteiger partial charge >= 0.3 is 0 Å². The smallest absolute Gasteiger partial charge is 0.142 e. The first-order chi connectivity index (χ1) is 15.8. The lowest BCUT2D eigenvalue weighted by atomic mass is 10.1. The topological polar surface area (TPSA) is 34.1 Å². The second-order valence-electron chi connectivity index (χ2n) is 6.20. The summed E-state index contributed by atoms with van der Waals surface area (Å²) >= 11 is 0. The molecule has 2 heteroatoms. The number of allylic oxidation sites excluding steroid dienone is 10. The molecule has 0 saturated heterocycles. The average Bonchev–Trinajstić information content (AvgIpc) is 2.82. The maximum absolute atomic E-state index is 10.2. The zero-order chi connectivity index (χ0) is 22.7. The number of hydrogen-bond acceptors (Lipinski definition) is 2. The summed E-state index contributed by atoms with van der Waals surface area (Å²) < 4.78 is 0. The molecule has 2 nitrogen and oxygen atoms in total. The first kappa shape index (κ1) is 23.6. The molecule has 2 aromatic carbocycles. The number of carbonyl (C=O) groups excluding carboxylic acids is 2. The van der Waals surface area contributed by atoms with Gasteiger partial charge in [0.25, 0.3) is 0 Å². The Labute approximate surface area is 189 Å². The molecule has 2 aromatic rings.